The normalized spacial score (nSPS) is 23.0. The van der Waals surface area contributed by atoms with E-state index < -0.39 is 24.3 Å². The molecule has 15 heteroatoms. The lowest BCUT2D eigenvalue weighted by Gasteiger charge is -2.25. The molecule has 0 saturated carbocycles. The minimum atomic E-state index is -5.08. The Balaban J connectivity index is 0.000000324. The highest BCUT2D eigenvalue weighted by Crippen LogP contribution is 2.35. The van der Waals surface area contributed by atoms with E-state index in [-0.39, 0.29) is 11.9 Å². The van der Waals surface area contributed by atoms with Crippen LogP contribution in [-0.2, 0) is 20.9 Å². The van der Waals surface area contributed by atoms with E-state index in [9.17, 15) is 31.1 Å². The molecule has 0 radical (unpaired) electrons. The third-order valence-corrected chi connectivity index (χ3v) is 5.02. The molecule has 0 aromatic carbocycles. The summed E-state index contributed by atoms with van der Waals surface area (Å²) in [7, 11) is 3.79. The topological polar surface area (TPSA) is 123 Å². The van der Waals surface area contributed by atoms with Gasteiger partial charge in [0.2, 0.25) is 5.91 Å². The van der Waals surface area contributed by atoms with Crippen molar-refractivity contribution in [3.05, 3.63) is 24.2 Å². The van der Waals surface area contributed by atoms with Crippen molar-refractivity contribution in [2.24, 2.45) is 5.92 Å². The fourth-order valence-electron chi connectivity index (χ4n) is 3.53. The second kappa shape index (κ2) is 11.4. The maximum absolute atomic E-state index is 11.8. The Hall–Kier alpha value is -2.81. The maximum Gasteiger partial charge on any atom is 0.490 e. The number of halogens is 6. The zero-order valence-electron chi connectivity index (χ0n) is 17.5. The summed E-state index contributed by atoms with van der Waals surface area (Å²) >= 11 is 0. The smallest absolute Gasteiger partial charge is 0.475 e. The van der Waals surface area contributed by atoms with Crippen LogP contribution in [0.25, 0.3) is 0 Å². The van der Waals surface area contributed by atoms with E-state index in [2.05, 4.69) is 22.2 Å². The van der Waals surface area contributed by atoms with Crippen LogP contribution < -0.4 is 5.32 Å². The Labute approximate surface area is 183 Å². The standard InChI is InChI=1S/C14H21N3O2.2C2HF3O2/c1-15-14(18)12-6-10-7-17(9-13(10)16(12)2)8-11-4-3-5-19-11;2*3-2(4,5)1(6)7/h3-5,10,12-13H,6-9H2,1-2H3,(H,15,18);2*(H,6,7)/t10-,12-,13+;;/m0../s1. The number of likely N-dealkylation sites (N-methyl/N-ethyl adjacent to an activating group) is 2. The van der Waals surface area contributed by atoms with Gasteiger partial charge in [-0.25, -0.2) is 9.59 Å². The molecule has 1 amide bonds. The Morgan fingerprint density at radius 3 is 1.97 bits per heavy atom. The van der Waals surface area contributed by atoms with E-state index in [0.29, 0.717) is 12.0 Å². The fourth-order valence-corrected chi connectivity index (χ4v) is 3.53. The molecule has 3 atom stereocenters. The average molecular weight is 491 g/mol. The van der Waals surface area contributed by atoms with Gasteiger partial charge < -0.3 is 19.9 Å². The van der Waals surface area contributed by atoms with E-state index in [4.69, 9.17) is 24.2 Å². The zero-order chi connectivity index (χ0) is 25.6. The molecular weight excluding hydrogens is 468 g/mol. The summed E-state index contributed by atoms with van der Waals surface area (Å²) in [6.45, 7) is 2.96. The molecule has 33 heavy (non-hydrogen) atoms. The number of nitrogens with one attached hydrogen (secondary N) is 1. The van der Waals surface area contributed by atoms with Gasteiger partial charge in [0.1, 0.15) is 5.76 Å². The van der Waals surface area contributed by atoms with E-state index >= 15 is 0 Å². The second-order valence-electron chi connectivity index (χ2n) is 7.24. The number of alkyl halides is 6. The quantitative estimate of drug-likeness (QED) is 0.547. The molecule has 0 unspecified atom stereocenters. The molecule has 9 nitrogen and oxygen atoms in total. The van der Waals surface area contributed by atoms with E-state index in [1.165, 1.54) is 0 Å². The van der Waals surface area contributed by atoms with Crippen molar-refractivity contribution in [1.29, 1.82) is 0 Å². The highest BCUT2D eigenvalue weighted by molar-refractivity contribution is 5.81. The number of carbonyl (C=O) groups excluding carboxylic acids is 1. The van der Waals surface area contributed by atoms with Gasteiger partial charge in [-0.3, -0.25) is 14.6 Å². The van der Waals surface area contributed by atoms with Crippen LogP contribution >= 0.6 is 0 Å². The largest absolute Gasteiger partial charge is 0.490 e. The Morgan fingerprint density at radius 2 is 1.61 bits per heavy atom. The number of fused-ring (bicyclic) bond motifs is 1. The summed E-state index contributed by atoms with van der Waals surface area (Å²) in [5.41, 5.74) is 0. The molecule has 1 aromatic rings. The molecule has 1 aromatic heterocycles. The average Bonchev–Trinajstić information content (AvgIpc) is 3.40. The van der Waals surface area contributed by atoms with Gasteiger partial charge in [-0.1, -0.05) is 0 Å². The number of rotatable bonds is 3. The van der Waals surface area contributed by atoms with Crippen molar-refractivity contribution < 1.29 is 55.4 Å². The van der Waals surface area contributed by atoms with Gasteiger partial charge in [-0.2, -0.15) is 26.3 Å². The van der Waals surface area contributed by atoms with E-state index in [0.717, 1.165) is 31.8 Å². The number of amides is 1. The van der Waals surface area contributed by atoms with E-state index in [1.807, 2.05) is 12.1 Å². The fraction of sp³-hybridized carbons (Fsp3) is 0.611. The van der Waals surface area contributed by atoms with Crippen molar-refractivity contribution >= 4 is 17.8 Å². The number of carbonyl (C=O) groups is 3. The lowest BCUT2D eigenvalue weighted by molar-refractivity contribution is -0.193. The SMILES string of the molecule is CNC(=O)[C@@H]1C[C@H]2CN(Cc3ccco3)C[C@H]2N1C.O=C(O)C(F)(F)F.O=C(O)C(F)(F)F. The van der Waals surface area contributed by atoms with Crippen LogP contribution in [0, 0.1) is 5.92 Å². The zero-order valence-corrected chi connectivity index (χ0v) is 17.5. The van der Waals surface area contributed by atoms with Crippen molar-refractivity contribution in [2.75, 3.05) is 27.2 Å². The van der Waals surface area contributed by atoms with Gasteiger partial charge in [-0.05, 0) is 31.5 Å². The Morgan fingerprint density at radius 1 is 1.09 bits per heavy atom. The Bertz CT molecular complexity index is 775. The summed E-state index contributed by atoms with van der Waals surface area (Å²) in [5, 5.41) is 17.0. The number of hydrogen-bond acceptors (Lipinski definition) is 6. The molecule has 0 aliphatic carbocycles. The molecule has 2 saturated heterocycles. The van der Waals surface area contributed by atoms with Crippen molar-refractivity contribution in [3.8, 4) is 0 Å². The highest BCUT2D eigenvalue weighted by Gasteiger charge is 2.46. The molecule has 2 aliphatic heterocycles. The van der Waals surface area contributed by atoms with Crippen molar-refractivity contribution in [3.63, 3.8) is 0 Å². The first-order valence-corrected chi connectivity index (χ1v) is 9.36. The molecule has 3 heterocycles. The van der Waals surface area contributed by atoms with Gasteiger partial charge in [0.05, 0.1) is 18.8 Å². The lowest BCUT2D eigenvalue weighted by atomic mass is 10.0. The van der Waals surface area contributed by atoms with Crippen LogP contribution in [0.4, 0.5) is 26.3 Å². The van der Waals surface area contributed by atoms with Crippen LogP contribution in [0.2, 0.25) is 0 Å². The van der Waals surface area contributed by atoms with Gasteiger partial charge >= 0.3 is 24.3 Å². The number of likely N-dealkylation sites (tertiary alicyclic amines) is 2. The summed E-state index contributed by atoms with van der Waals surface area (Å²) in [6.07, 6.45) is -7.48. The summed E-state index contributed by atoms with van der Waals surface area (Å²) in [4.78, 5) is 34.3. The highest BCUT2D eigenvalue weighted by atomic mass is 19.4. The predicted octanol–water partition coefficient (Wildman–Crippen LogP) is 1.80. The van der Waals surface area contributed by atoms with Gasteiger partial charge in [0, 0.05) is 26.2 Å². The lowest BCUT2D eigenvalue weighted by Crippen LogP contribution is -2.44. The third-order valence-electron chi connectivity index (χ3n) is 5.02. The molecular formula is C18H23F6N3O6. The Kier molecular flexibility index (Phi) is 9.71. The van der Waals surface area contributed by atoms with Gasteiger partial charge in [0.25, 0.3) is 0 Å². The summed E-state index contributed by atoms with van der Waals surface area (Å²) < 4.78 is 68.9. The van der Waals surface area contributed by atoms with Crippen LogP contribution in [0.5, 0.6) is 0 Å². The monoisotopic (exact) mass is 491 g/mol. The molecule has 188 valence electrons. The molecule has 0 spiro atoms. The number of furan rings is 1. The predicted molar refractivity (Wildman–Crippen MR) is 98.9 cm³/mol. The van der Waals surface area contributed by atoms with Gasteiger partial charge in [-0.15, -0.1) is 0 Å². The molecule has 2 fully saturated rings. The molecule has 3 rings (SSSR count). The summed E-state index contributed by atoms with van der Waals surface area (Å²) in [6, 6.07) is 4.49. The van der Waals surface area contributed by atoms with E-state index in [1.54, 1.807) is 13.3 Å². The summed E-state index contributed by atoms with van der Waals surface area (Å²) in [5.74, 6) is -3.75. The minimum absolute atomic E-state index is 0.0470. The third kappa shape index (κ3) is 8.57. The number of carboxylic acid groups (broad SMARTS) is 2. The van der Waals surface area contributed by atoms with Crippen molar-refractivity contribution in [2.45, 2.75) is 37.4 Å². The number of hydrogen-bond donors (Lipinski definition) is 3. The minimum Gasteiger partial charge on any atom is -0.475 e. The number of carboxylic acids is 2. The second-order valence-corrected chi connectivity index (χ2v) is 7.24. The van der Waals surface area contributed by atoms with Gasteiger partial charge in [0.15, 0.2) is 0 Å². The molecule has 2 aliphatic rings. The van der Waals surface area contributed by atoms with Crippen molar-refractivity contribution in [1.82, 2.24) is 15.1 Å². The maximum atomic E-state index is 11.8. The number of nitrogens with zero attached hydrogens (tertiary/aromatic N) is 2. The molecule has 3 N–H and O–H groups in total. The van der Waals surface area contributed by atoms with Crippen LogP contribution in [0.1, 0.15) is 12.2 Å². The van der Waals surface area contributed by atoms with Crippen LogP contribution in [0.3, 0.4) is 0 Å². The molecule has 0 bridgehead atoms. The van der Waals surface area contributed by atoms with Crippen LogP contribution in [0.15, 0.2) is 22.8 Å². The first-order valence-electron chi connectivity index (χ1n) is 9.36. The first kappa shape index (κ1) is 28.2. The first-order chi connectivity index (χ1) is 15.1. The van der Waals surface area contributed by atoms with Crippen LogP contribution in [-0.4, -0.2) is 89.5 Å². The number of aliphatic carboxylic acids is 2.